The van der Waals surface area contributed by atoms with Crippen LogP contribution in [0.3, 0.4) is 0 Å². The Bertz CT molecular complexity index is 792. The zero-order chi connectivity index (χ0) is 14.1. The van der Waals surface area contributed by atoms with Crippen molar-refractivity contribution in [3.63, 3.8) is 0 Å². The highest BCUT2D eigenvalue weighted by Gasteiger charge is 2.14. The van der Waals surface area contributed by atoms with E-state index in [0.29, 0.717) is 0 Å². The molecule has 3 nitrogen and oxygen atoms in total. The van der Waals surface area contributed by atoms with Gasteiger partial charge >= 0.3 is 0 Å². The molecule has 1 unspecified atom stereocenters. The fourth-order valence-corrected chi connectivity index (χ4v) is 3.83. The number of thioether (sulfide) groups is 1. The van der Waals surface area contributed by atoms with Gasteiger partial charge in [0.25, 0.3) is 5.56 Å². The highest BCUT2D eigenvalue weighted by atomic mass is 32.2. The molecule has 2 heterocycles. The van der Waals surface area contributed by atoms with Crippen molar-refractivity contribution in [2.24, 2.45) is 7.05 Å². The fourth-order valence-electron chi connectivity index (χ4n) is 2.02. The quantitative estimate of drug-likeness (QED) is 0.544. The molecule has 0 amide bonds. The number of aromatic nitrogens is 2. The van der Waals surface area contributed by atoms with Crippen molar-refractivity contribution in [3.05, 3.63) is 57.7 Å². The molecule has 0 saturated carbocycles. The molecule has 2 aromatic heterocycles. The molecule has 20 heavy (non-hydrogen) atoms. The van der Waals surface area contributed by atoms with E-state index in [-0.39, 0.29) is 10.8 Å². The minimum absolute atomic E-state index is 0.0350. The van der Waals surface area contributed by atoms with Gasteiger partial charge in [-0.05, 0) is 23.9 Å². The van der Waals surface area contributed by atoms with Gasteiger partial charge in [0.15, 0.2) is 5.16 Å². The molecule has 1 atom stereocenters. The average molecular weight is 302 g/mol. The van der Waals surface area contributed by atoms with Crippen LogP contribution in [-0.4, -0.2) is 9.55 Å². The Hall–Kier alpha value is -1.59. The summed E-state index contributed by atoms with van der Waals surface area (Å²) in [6.45, 7) is 2.13. The summed E-state index contributed by atoms with van der Waals surface area (Å²) in [6.07, 6.45) is 0. The fraction of sp³-hybridized carbons (Fsp3) is 0.200. The monoisotopic (exact) mass is 302 g/mol. The van der Waals surface area contributed by atoms with E-state index >= 15 is 0 Å². The first kappa shape index (κ1) is 13.4. The summed E-state index contributed by atoms with van der Waals surface area (Å²) in [4.78, 5) is 16.8. The van der Waals surface area contributed by atoms with Gasteiger partial charge in [-0.2, -0.15) is 0 Å². The average Bonchev–Trinajstić information content (AvgIpc) is 2.93. The molecular weight excluding hydrogens is 288 g/mol. The summed E-state index contributed by atoms with van der Waals surface area (Å²) < 4.78 is 2.37. The Balaban J connectivity index is 1.99. The van der Waals surface area contributed by atoms with E-state index in [2.05, 4.69) is 24.0 Å². The first-order chi connectivity index (χ1) is 9.66. The van der Waals surface area contributed by atoms with Crippen LogP contribution in [0, 0.1) is 0 Å². The number of hydrogen-bond acceptors (Lipinski definition) is 4. The summed E-state index contributed by atoms with van der Waals surface area (Å²) in [7, 11) is 1.79. The normalized spacial score (nSPS) is 12.7. The molecule has 0 aliphatic rings. The second-order valence-corrected chi connectivity index (χ2v) is 6.79. The number of nitrogens with zero attached hydrogens (tertiary/aromatic N) is 2. The molecule has 0 aliphatic carbocycles. The van der Waals surface area contributed by atoms with Gasteiger partial charge in [-0.1, -0.05) is 42.1 Å². The summed E-state index contributed by atoms with van der Waals surface area (Å²) in [6, 6.07) is 12.2. The largest absolute Gasteiger partial charge is 0.289 e. The lowest BCUT2D eigenvalue weighted by Crippen LogP contribution is -2.19. The van der Waals surface area contributed by atoms with Crippen LogP contribution in [0.15, 0.2) is 51.7 Å². The Morgan fingerprint density at radius 2 is 2.00 bits per heavy atom. The molecule has 5 heteroatoms. The first-order valence-electron chi connectivity index (χ1n) is 6.32. The van der Waals surface area contributed by atoms with Crippen LogP contribution < -0.4 is 5.56 Å². The molecule has 0 saturated heterocycles. The predicted molar refractivity (Wildman–Crippen MR) is 85.6 cm³/mol. The van der Waals surface area contributed by atoms with Crippen LogP contribution in [-0.2, 0) is 7.05 Å². The van der Waals surface area contributed by atoms with Crippen molar-refractivity contribution in [1.29, 1.82) is 0 Å². The van der Waals surface area contributed by atoms with Gasteiger partial charge in [0.1, 0.15) is 4.70 Å². The molecule has 0 N–H and O–H groups in total. The van der Waals surface area contributed by atoms with Crippen molar-refractivity contribution >= 4 is 33.3 Å². The zero-order valence-electron chi connectivity index (χ0n) is 11.2. The number of hydrogen-bond donors (Lipinski definition) is 0. The molecule has 0 bridgehead atoms. The molecule has 0 radical (unpaired) electrons. The molecule has 0 fully saturated rings. The standard InChI is InChI=1S/C15H14N2OS2/c1-10(11-6-4-3-5-7-11)20-15-16-12-8-9-19-13(12)14(18)17(15)2/h3-10H,1-2H3. The van der Waals surface area contributed by atoms with Crippen molar-refractivity contribution < 1.29 is 0 Å². The maximum absolute atomic E-state index is 12.2. The molecule has 0 aliphatic heterocycles. The summed E-state index contributed by atoms with van der Waals surface area (Å²) >= 11 is 3.06. The van der Waals surface area contributed by atoms with Crippen molar-refractivity contribution in [3.8, 4) is 0 Å². The predicted octanol–water partition coefficient (Wildman–Crippen LogP) is 3.85. The van der Waals surface area contributed by atoms with Crippen molar-refractivity contribution in [2.75, 3.05) is 0 Å². The molecule has 0 spiro atoms. The number of fused-ring (bicyclic) bond motifs is 1. The summed E-state index contributed by atoms with van der Waals surface area (Å²) in [5.41, 5.74) is 2.06. The Labute approximate surface area is 125 Å². The van der Waals surface area contributed by atoms with Gasteiger partial charge in [0.2, 0.25) is 0 Å². The highest BCUT2D eigenvalue weighted by molar-refractivity contribution is 7.99. The molecule has 3 aromatic rings. The van der Waals surface area contributed by atoms with Crippen molar-refractivity contribution in [2.45, 2.75) is 17.3 Å². The Morgan fingerprint density at radius 1 is 1.25 bits per heavy atom. The van der Waals surface area contributed by atoms with Gasteiger partial charge in [-0.15, -0.1) is 11.3 Å². The van der Waals surface area contributed by atoms with Crippen molar-refractivity contribution in [1.82, 2.24) is 9.55 Å². The maximum Gasteiger partial charge on any atom is 0.271 e. The first-order valence-corrected chi connectivity index (χ1v) is 8.08. The zero-order valence-corrected chi connectivity index (χ0v) is 12.9. The second kappa shape index (κ2) is 5.42. The van der Waals surface area contributed by atoms with Crippen LogP contribution >= 0.6 is 23.1 Å². The van der Waals surface area contributed by atoms with Gasteiger partial charge in [-0.25, -0.2) is 4.98 Å². The van der Waals surface area contributed by atoms with Crippen LogP contribution in [0.25, 0.3) is 10.2 Å². The number of thiophene rings is 1. The maximum atomic E-state index is 12.2. The second-order valence-electron chi connectivity index (χ2n) is 4.56. The third kappa shape index (κ3) is 2.39. The van der Waals surface area contributed by atoms with E-state index in [1.165, 1.54) is 16.9 Å². The minimum atomic E-state index is 0.0350. The molecule has 3 rings (SSSR count). The van der Waals surface area contributed by atoms with Crippen LogP contribution in [0.2, 0.25) is 0 Å². The topological polar surface area (TPSA) is 34.9 Å². The van der Waals surface area contributed by atoms with Crippen LogP contribution in [0.4, 0.5) is 0 Å². The van der Waals surface area contributed by atoms with E-state index < -0.39 is 0 Å². The number of rotatable bonds is 3. The van der Waals surface area contributed by atoms with Gasteiger partial charge in [-0.3, -0.25) is 9.36 Å². The minimum Gasteiger partial charge on any atom is -0.289 e. The summed E-state index contributed by atoms with van der Waals surface area (Å²) in [5, 5.41) is 2.93. The third-order valence-corrected chi connectivity index (χ3v) is 5.29. The van der Waals surface area contributed by atoms with Gasteiger partial charge in [0.05, 0.1) is 5.52 Å². The van der Waals surface area contributed by atoms with E-state index in [1.807, 2.05) is 29.6 Å². The smallest absolute Gasteiger partial charge is 0.271 e. The lowest BCUT2D eigenvalue weighted by Gasteiger charge is -2.13. The van der Waals surface area contributed by atoms with E-state index in [9.17, 15) is 4.79 Å². The van der Waals surface area contributed by atoms with E-state index in [1.54, 1.807) is 23.4 Å². The lowest BCUT2D eigenvalue weighted by molar-refractivity contribution is 0.725. The highest BCUT2D eigenvalue weighted by Crippen LogP contribution is 2.33. The molecule has 1 aromatic carbocycles. The number of benzene rings is 1. The van der Waals surface area contributed by atoms with Crippen LogP contribution in [0.5, 0.6) is 0 Å². The van der Waals surface area contributed by atoms with E-state index in [0.717, 1.165) is 15.4 Å². The SMILES string of the molecule is CC(Sc1nc2ccsc2c(=O)n1C)c1ccccc1. The van der Waals surface area contributed by atoms with E-state index in [4.69, 9.17) is 0 Å². The van der Waals surface area contributed by atoms with Gasteiger partial charge < -0.3 is 0 Å². The lowest BCUT2D eigenvalue weighted by atomic mass is 10.2. The Kier molecular flexibility index (Phi) is 3.63. The Morgan fingerprint density at radius 3 is 2.75 bits per heavy atom. The molecular formula is C15H14N2OS2. The summed E-state index contributed by atoms with van der Waals surface area (Å²) in [5.74, 6) is 0. The van der Waals surface area contributed by atoms with Crippen LogP contribution in [0.1, 0.15) is 17.7 Å². The van der Waals surface area contributed by atoms with Gasteiger partial charge in [0, 0.05) is 12.3 Å². The third-order valence-electron chi connectivity index (χ3n) is 3.20. The molecule has 102 valence electrons.